The second-order valence-corrected chi connectivity index (χ2v) is 4.79. The standard InChI is InChI=1S/C14H24B2O4/c1-5-19-16(20-12(2)3)15-18-11-14-9-7-6-8-13(14)10-17-4/h6-9,12,15H,5,10-11H2,1-4H3. The predicted octanol–water partition coefficient (Wildman–Crippen LogP) is 2.15. The lowest BCUT2D eigenvalue weighted by molar-refractivity contribution is 0.170. The minimum atomic E-state index is -0.311. The van der Waals surface area contributed by atoms with Crippen molar-refractivity contribution in [1.82, 2.24) is 0 Å². The van der Waals surface area contributed by atoms with Gasteiger partial charge >= 0.3 is 14.4 Å². The van der Waals surface area contributed by atoms with Crippen molar-refractivity contribution in [3.8, 4) is 0 Å². The molecule has 0 aliphatic rings. The van der Waals surface area contributed by atoms with E-state index in [0.717, 1.165) is 11.1 Å². The number of hydrogen-bond acceptors (Lipinski definition) is 4. The number of benzene rings is 1. The molecule has 0 amide bonds. The van der Waals surface area contributed by atoms with Gasteiger partial charge < -0.3 is 18.7 Å². The SMILES string of the molecule is CCOB(BOCc1ccccc1COC)OC(C)C. The average Bonchev–Trinajstić information content (AvgIpc) is 2.40. The zero-order valence-corrected chi connectivity index (χ0v) is 12.9. The maximum Gasteiger partial charge on any atom is 0.440 e. The summed E-state index contributed by atoms with van der Waals surface area (Å²) >= 11 is 0. The van der Waals surface area contributed by atoms with E-state index in [-0.39, 0.29) is 13.1 Å². The fraction of sp³-hybridized carbons (Fsp3) is 0.571. The van der Waals surface area contributed by atoms with E-state index in [2.05, 4.69) is 0 Å². The second kappa shape index (κ2) is 9.99. The fourth-order valence-corrected chi connectivity index (χ4v) is 1.88. The Morgan fingerprint density at radius 3 is 2.35 bits per heavy atom. The summed E-state index contributed by atoms with van der Waals surface area (Å²) in [4.78, 5) is 0. The Balaban J connectivity index is 2.45. The molecule has 0 radical (unpaired) electrons. The third-order valence-electron chi connectivity index (χ3n) is 2.71. The Morgan fingerprint density at radius 2 is 1.80 bits per heavy atom. The van der Waals surface area contributed by atoms with Gasteiger partial charge in [0, 0.05) is 19.8 Å². The molecule has 110 valence electrons. The van der Waals surface area contributed by atoms with Crippen LogP contribution in [0.1, 0.15) is 31.9 Å². The summed E-state index contributed by atoms with van der Waals surface area (Å²) in [6, 6.07) is 8.10. The quantitative estimate of drug-likeness (QED) is 0.614. The summed E-state index contributed by atoms with van der Waals surface area (Å²) in [7, 11) is 1.81. The molecular weight excluding hydrogens is 254 g/mol. The molecule has 0 aromatic heterocycles. The minimum absolute atomic E-state index is 0.121. The van der Waals surface area contributed by atoms with E-state index in [0.29, 0.717) is 27.2 Å². The minimum Gasteiger partial charge on any atom is -0.437 e. The van der Waals surface area contributed by atoms with Crippen molar-refractivity contribution in [1.29, 1.82) is 0 Å². The van der Waals surface area contributed by atoms with Gasteiger partial charge in [-0.1, -0.05) is 24.3 Å². The lowest BCUT2D eigenvalue weighted by Crippen LogP contribution is -2.35. The largest absolute Gasteiger partial charge is 0.440 e. The first kappa shape index (κ1) is 17.2. The van der Waals surface area contributed by atoms with Gasteiger partial charge in [0.2, 0.25) is 0 Å². The van der Waals surface area contributed by atoms with Gasteiger partial charge in [-0.2, -0.15) is 0 Å². The molecule has 0 fully saturated rings. The lowest BCUT2D eigenvalue weighted by Gasteiger charge is -2.16. The van der Waals surface area contributed by atoms with Crippen LogP contribution in [0.3, 0.4) is 0 Å². The highest BCUT2D eigenvalue weighted by Crippen LogP contribution is 2.11. The van der Waals surface area contributed by atoms with E-state index < -0.39 is 0 Å². The van der Waals surface area contributed by atoms with Crippen molar-refractivity contribution in [2.75, 3.05) is 13.7 Å². The molecule has 1 aromatic carbocycles. The average molecular weight is 278 g/mol. The predicted molar refractivity (Wildman–Crippen MR) is 82.7 cm³/mol. The zero-order chi connectivity index (χ0) is 14.8. The van der Waals surface area contributed by atoms with Gasteiger partial charge in [-0.05, 0) is 31.9 Å². The summed E-state index contributed by atoms with van der Waals surface area (Å²) in [5, 5.41) is 0. The molecule has 6 heteroatoms. The van der Waals surface area contributed by atoms with Crippen molar-refractivity contribution in [2.45, 2.75) is 40.1 Å². The van der Waals surface area contributed by atoms with Gasteiger partial charge in [0.05, 0.1) is 13.2 Å². The molecule has 0 unspecified atom stereocenters. The van der Waals surface area contributed by atoms with Crippen molar-refractivity contribution >= 4 is 14.4 Å². The molecular formula is C14H24B2O4. The fourth-order valence-electron chi connectivity index (χ4n) is 1.88. The van der Waals surface area contributed by atoms with Crippen LogP contribution in [-0.4, -0.2) is 34.2 Å². The van der Waals surface area contributed by atoms with Gasteiger partial charge in [-0.25, -0.2) is 0 Å². The Labute approximate surface area is 123 Å². The number of rotatable bonds is 10. The molecule has 0 N–H and O–H groups in total. The molecule has 0 aliphatic carbocycles. The van der Waals surface area contributed by atoms with E-state index in [4.69, 9.17) is 18.7 Å². The van der Waals surface area contributed by atoms with Crippen molar-refractivity contribution in [2.24, 2.45) is 0 Å². The highest BCUT2D eigenvalue weighted by Gasteiger charge is 2.21. The molecule has 0 bridgehead atoms. The monoisotopic (exact) mass is 278 g/mol. The number of ether oxygens (including phenoxy) is 1. The van der Waals surface area contributed by atoms with Crippen LogP contribution in [-0.2, 0) is 31.9 Å². The van der Waals surface area contributed by atoms with Crippen LogP contribution in [0.15, 0.2) is 24.3 Å². The van der Waals surface area contributed by atoms with E-state index in [1.807, 2.05) is 45.0 Å². The highest BCUT2D eigenvalue weighted by atomic mass is 16.6. The van der Waals surface area contributed by atoms with Gasteiger partial charge in [0.1, 0.15) is 0 Å². The second-order valence-electron chi connectivity index (χ2n) is 4.79. The van der Waals surface area contributed by atoms with Gasteiger partial charge in [0.25, 0.3) is 0 Å². The van der Waals surface area contributed by atoms with Crippen LogP contribution in [0.25, 0.3) is 0 Å². The molecule has 0 heterocycles. The van der Waals surface area contributed by atoms with Crippen molar-refractivity contribution in [3.63, 3.8) is 0 Å². The summed E-state index contributed by atoms with van der Waals surface area (Å²) in [6.07, 6.45) is 0.121. The van der Waals surface area contributed by atoms with Crippen LogP contribution < -0.4 is 0 Å². The van der Waals surface area contributed by atoms with E-state index >= 15 is 0 Å². The van der Waals surface area contributed by atoms with Gasteiger partial charge in [0.15, 0.2) is 0 Å². The topological polar surface area (TPSA) is 36.9 Å². The van der Waals surface area contributed by atoms with Crippen LogP contribution in [0.4, 0.5) is 0 Å². The molecule has 0 saturated carbocycles. The molecule has 1 aromatic rings. The first-order valence-corrected chi connectivity index (χ1v) is 7.07. The Hall–Kier alpha value is -0.810. The maximum atomic E-state index is 5.72. The highest BCUT2D eigenvalue weighted by molar-refractivity contribution is 7.02. The van der Waals surface area contributed by atoms with Crippen LogP contribution in [0.5, 0.6) is 0 Å². The van der Waals surface area contributed by atoms with Gasteiger partial charge in [-0.3, -0.25) is 0 Å². The molecule has 20 heavy (non-hydrogen) atoms. The molecule has 0 aliphatic heterocycles. The van der Waals surface area contributed by atoms with E-state index in [9.17, 15) is 0 Å². The summed E-state index contributed by atoms with van der Waals surface area (Å²) < 4.78 is 22.0. The number of hydrogen-bond donors (Lipinski definition) is 0. The molecule has 4 nitrogen and oxygen atoms in total. The van der Waals surface area contributed by atoms with Crippen LogP contribution in [0.2, 0.25) is 0 Å². The summed E-state index contributed by atoms with van der Waals surface area (Å²) in [5.41, 5.74) is 2.28. The Morgan fingerprint density at radius 1 is 1.15 bits per heavy atom. The third kappa shape index (κ3) is 6.57. The first-order chi connectivity index (χ1) is 9.67. The summed E-state index contributed by atoms with van der Waals surface area (Å²) in [6.45, 7) is 7.66. The van der Waals surface area contributed by atoms with Crippen LogP contribution in [0, 0.1) is 0 Å². The Kier molecular flexibility index (Phi) is 8.62. The molecule has 0 spiro atoms. The molecule has 1 rings (SSSR count). The smallest absolute Gasteiger partial charge is 0.437 e. The molecule has 0 saturated heterocycles. The van der Waals surface area contributed by atoms with Crippen molar-refractivity contribution in [3.05, 3.63) is 35.4 Å². The molecule has 0 atom stereocenters. The lowest BCUT2D eigenvalue weighted by atomic mass is 9.55. The maximum absolute atomic E-state index is 5.72. The van der Waals surface area contributed by atoms with Crippen LogP contribution >= 0.6 is 0 Å². The first-order valence-electron chi connectivity index (χ1n) is 7.07. The van der Waals surface area contributed by atoms with Crippen molar-refractivity contribution < 1.29 is 18.7 Å². The van der Waals surface area contributed by atoms with E-state index in [1.54, 1.807) is 7.11 Å². The van der Waals surface area contributed by atoms with E-state index in [1.165, 1.54) is 0 Å². The normalized spacial score (nSPS) is 10.8. The number of methoxy groups -OCH3 is 1. The zero-order valence-electron chi connectivity index (χ0n) is 12.9. The third-order valence-corrected chi connectivity index (χ3v) is 2.71. The van der Waals surface area contributed by atoms with Gasteiger partial charge in [-0.15, -0.1) is 0 Å². The summed E-state index contributed by atoms with van der Waals surface area (Å²) in [5.74, 6) is 0. The Bertz CT molecular complexity index is 374.